The topological polar surface area (TPSA) is 107 Å². The van der Waals surface area contributed by atoms with Crippen molar-refractivity contribution in [1.82, 2.24) is 9.78 Å². The van der Waals surface area contributed by atoms with E-state index in [1.165, 1.54) is 35.0 Å². The van der Waals surface area contributed by atoms with Crippen molar-refractivity contribution in [3.05, 3.63) is 87.2 Å². The summed E-state index contributed by atoms with van der Waals surface area (Å²) in [7, 11) is 0. The zero-order valence-electron chi connectivity index (χ0n) is 14.9. The summed E-state index contributed by atoms with van der Waals surface area (Å²) >= 11 is 0. The maximum absolute atomic E-state index is 12.0. The van der Waals surface area contributed by atoms with Gasteiger partial charge in [0.2, 0.25) is 5.91 Å². The molecule has 0 radical (unpaired) electrons. The van der Waals surface area contributed by atoms with Gasteiger partial charge in [-0.15, -0.1) is 0 Å². The van der Waals surface area contributed by atoms with Crippen molar-refractivity contribution >= 4 is 17.3 Å². The van der Waals surface area contributed by atoms with E-state index in [0.717, 1.165) is 5.56 Å². The van der Waals surface area contributed by atoms with Crippen molar-refractivity contribution < 1.29 is 9.72 Å². The van der Waals surface area contributed by atoms with Gasteiger partial charge in [0.1, 0.15) is 0 Å². The zero-order valence-corrected chi connectivity index (χ0v) is 14.9. The van der Waals surface area contributed by atoms with Crippen LogP contribution in [-0.2, 0) is 11.3 Å². The first kappa shape index (κ1) is 19.0. The van der Waals surface area contributed by atoms with Crippen molar-refractivity contribution in [1.29, 1.82) is 0 Å². The van der Waals surface area contributed by atoms with Crippen LogP contribution in [0.1, 0.15) is 12.8 Å². The van der Waals surface area contributed by atoms with Gasteiger partial charge >= 0.3 is 0 Å². The van der Waals surface area contributed by atoms with E-state index in [-0.39, 0.29) is 23.6 Å². The van der Waals surface area contributed by atoms with Gasteiger partial charge < -0.3 is 5.32 Å². The first-order valence-electron chi connectivity index (χ1n) is 8.71. The third-order valence-electron chi connectivity index (χ3n) is 4.07. The van der Waals surface area contributed by atoms with Crippen LogP contribution in [0.25, 0.3) is 11.3 Å². The lowest BCUT2D eigenvalue weighted by Gasteiger charge is -2.08. The summed E-state index contributed by atoms with van der Waals surface area (Å²) in [6, 6.07) is 18.3. The monoisotopic (exact) mass is 378 g/mol. The van der Waals surface area contributed by atoms with Gasteiger partial charge in [-0.1, -0.05) is 30.3 Å². The summed E-state index contributed by atoms with van der Waals surface area (Å²) < 4.78 is 1.35. The molecule has 0 unspecified atom stereocenters. The fourth-order valence-electron chi connectivity index (χ4n) is 2.65. The summed E-state index contributed by atoms with van der Waals surface area (Å²) in [5.74, 6) is -0.235. The van der Waals surface area contributed by atoms with Gasteiger partial charge in [0.15, 0.2) is 0 Å². The highest BCUT2D eigenvalue weighted by molar-refractivity contribution is 5.90. The van der Waals surface area contributed by atoms with Crippen LogP contribution in [0.5, 0.6) is 0 Å². The minimum atomic E-state index is -0.500. The number of amides is 1. The molecule has 0 atom stereocenters. The van der Waals surface area contributed by atoms with Gasteiger partial charge in [0, 0.05) is 42.4 Å². The summed E-state index contributed by atoms with van der Waals surface area (Å²) in [4.78, 5) is 34.2. The number of anilines is 1. The van der Waals surface area contributed by atoms with E-state index in [4.69, 9.17) is 0 Å². The van der Waals surface area contributed by atoms with Gasteiger partial charge in [-0.2, -0.15) is 5.10 Å². The Morgan fingerprint density at radius 1 is 1.04 bits per heavy atom. The van der Waals surface area contributed by atoms with Crippen LogP contribution in [-0.4, -0.2) is 20.6 Å². The summed E-state index contributed by atoms with van der Waals surface area (Å²) in [5, 5.41) is 17.7. The number of carbonyl (C=O) groups is 1. The Balaban J connectivity index is 1.56. The molecule has 0 aliphatic heterocycles. The van der Waals surface area contributed by atoms with Crippen molar-refractivity contribution in [2.45, 2.75) is 19.4 Å². The van der Waals surface area contributed by atoms with E-state index < -0.39 is 4.92 Å². The Bertz CT molecular complexity index is 1030. The summed E-state index contributed by atoms with van der Waals surface area (Å²) in [6.07, 6.45) is 0.630. The van der Waals surface area contributed by atoms with Crippen LogP contribution in [0.2, 0.25) is 0 Å². The van der Waals surface area contributed by atoms with Crippen LogP contribution < -0.4 is 10.9 Å². The average Bonchev–Trinajstić information content (AvgIpc) is 2.70. The summed E-state index contributed by atoms with van der Waals surface area (Å²) in [5.41, 5.74) is 1.82. The predicted molar refractivity (Wildman–Crippen MR) is 105 cm³/mol. The molecular formula is C20H18N4O4. The maximum atomic E-state index is 12.0. The van der Waals surface area contributed by atoms with Crippen molar-refractivity contribution in [2.75, 3.05) is 5.32 Å². The van der Waals surface area contributed by atoms with E-state index in [2.05, 4.69) is 10.4 Å². The standard InChI is InChI=1S/C20H18N4O4/c25-19(21-16-8-10-17(11-9-16)24(27)28)7-4-14-23-20(26)13-12-18(22-23)15-5-2-1-3-6-15/h1-3,5-6,8-13H,4,7,14H2,(H,21,25). The van der Waals surface area contributed by atoms with E-state index in [1.807, 2.05) is 30.3 Å². The molecule has 0 aliphatic rings. The number of hydrogen-bond acceptors (Lipinski definition) is 5. The Hall–Kier alpha value is -3.81. The quantitative estimate of drug-likeness (QED) is 0.502. The number of benzene rings is 2. The Kier molecular flexibility index (Phi) is 5.91. The molecule has 0 aliphatic carbocycles. The number of rotatable bonds is 7. The van der Waals surface area contributed by atoms with Gasteiger partial charge in [0.25, 0.3) is 11.2 Å². The molecule has 0 saturated heterocycles. The second-order valence-electron chi connectivity index (χ2n) is 6.10. The second-order valence-corrected chi connectivity index (χ2v) is 6.10. The van der Waals surface area contributed by atoms with Gasteiger partial charge in [-0.3, -0.25) is 19.7 Å². The first-order valence-corrected chi connectivity index (χ1v) is 8.71. The molecule has 2 aromatic carbocycles. The number of aromatic nitrogens is 2. The highest BCUT2D eigenvalue weighted by Gasteiger charge is 2.08. The predicted octanol–water partition coefficient (Wildman–Crippen LogP) is 3.24. The van der Waals surface area contributed by atoms with E-state index in [9.17, 15) is 19.7 Å². The summed E-state index contributed by atoms with van der Waals surface area (Å²) in [6.45, 7) is 0.313. The number of carbonyl (C=O) groups excluding carboxylic acids is 1. The van der Waals surface area contributed by atoms with Crippen LogP contribution in [0, 0.1) is 10.1 Å². The molecule has 0 bridgehead atoms. The van der Waals surface area contributed by atoms with Crippen molar-refractivity contribution in [2.24, 2.45) is 0 Å². The highest BCUT2D eigenvalue weighted by Crippen LogP contribution is 2.16. The Morgan fingerprint density at radius 3 is 2.43 bits per heavy atom. The Labute approximate surface area is 160 Å². The molecule has 3 rings (SSSR count). The van der Waals surface area contributed by atoms with E-state index >= 15 is 0 Å². The zero-order chi connectivity index (χ0) is 19.9. The normalized spacial score (nSPS) is 10.4. The maximum Gasteiger partial charge on any atom is 0.269 e. The van der Waals surface area contributed by atoms with E-state index in [0.29, 0.717) is 24.3 Å². The number of aryl methyl sites for hydroxylation is 1. The minimum Gasteiger partial charge on any atom is -0.326 e. The number of non-ortho nitro benzene ring substituents is 1. The first-order chi connectivity index (χ1) is 13.5. The highest BCUT2D eigenvalue weighted by atomic mass is 16.6. The van der Waals surface area contributed by atoms with Crippen molar-refractivity contribution in [3.63, 3.8) is 0 Å². The lowest BCUT2D eigenvalue weighted by molar-refractivity contribution is -0.384. The van der Waals surface area contributed by atoms with Crippen molar-refractivity contribution in [3.8, 4) is 11.3 Å². The SMILES string of the molecule is O=C(CCCn1nc(-c2ccccc2)ccc1=O)Nc1ccc([N+](=O)[O-])cc1. The van der Waals surface area contributed by atoms with Crippen LogP contribution in [0.3, 0.4) is 0 Å². The molecule has 142 valence electrons. The van der Waals surface area contributed by atoms with Gasteiger partial charge in [-0.25, -0.2) is 4.68 Å². The van der Waals surface area contributed by atoms with Crippen LogP contribution in [0.15, 0.2) is 71.5 Å². The van der Waals surface area contributed by atoms with Gasteiger partial charge in [-0.05, 0) is 24.6 Å². The third-order valence-corrected chi connectivity index (χ3v) is 4.07. The molecule has 0 fully saturated rings. The van der Waals surface area contributed by atoms with Crippen LogP contribution >= 0.6 is 0 Å². The molecule has 1 N–H and O–H groups in total. The molecule has 3 aromatic rings. The number of nitro groups is 1. The fraction of sp³-hybridized carbons (Fsp3) is 0.150. The Morgan fingerprint density at radius 2 is 1.75 bits per heavy atom. The molecule has 0 saturated carbocycles. The smallest absolute Gasteiger partial charge is 0.269 e. The molecule has 1 amide bonds. The fourth-order valence-corrected chi connectivity index (χ4v) is 2.65. The number of nitrogens with zero attached hydrogens (tertiary/aromatic N) is 3. The van der Waals surface area contributed by atoms with Crippen LogP contribution in [0.4, 0.5) is 11.4 Å². The third kappa shape index (κ3) is 4.88. The molecule has 8 heteroatoms. The van der Waals surface area contributed by atoms with Gasteiger partial charge in [0.05, 0.1) is 10.6 Å². The number of hydrogen-bond donors (Lipinski definition) is 1. The molecule has 0 spiro atoms. The lowest BCUT2D eigenvalue weighted by atomic mass is 10.1. The second kappa shape index (κ2) is 8.72. The average molecular weight is 378 g/mol. The lowest BCUT2D eigenvalue weighted by Crippen LogP contribution is -2.23. The molecule has 1 heterocycles. The largest absolute Gasteiger partial charge is 0.326 e. The number of nitrogens with one attached hydrogen (secondary N) is 1. The molecule has 1 aromatic heterocycles. The van der Waals surface area contributed by atoms with E-state index in [1.54, 1.807) is 6.07 Å². The molecular weight excluding hydrogens is 360 g/mol. The minimum absolute atomic E-state index is 0.0400. The number of nitro benzene ring substituents is 1. The molecule has 28 heavy (non-hydrogen) atoms. The molecule has 8 nitrogen and oxygen atoms in total.